The van der Waals surface area contributed by atoms with E-state index >= 15 is 0 Å². The molecule has 0 aromatic heterocycles. The summed E-state index contributed by atoms with van der Waals surface area (Å²) >= 11 is 0. The number of amides is 2. The van der Waals surface area contributed by atoms with Gasteiger partial charge in [0.15, 0.2) is 0 Å². The highest BCUT2D eigenvalue weighted by molar-refractivity contribution is 6.01. The molecule has 3 rings (SSSR count). The summed E-state index contributed by atoms with van der Waals surface area (Å²) in [5.41, 5.74) is 0.813. The van der Waals surface area contributed by atoms with Crippen molar-refractivity contribution >= 4 is 17.5 Å². The van der Waals surface area contributed by atoms with Gasteiger partial charge in [-0.15, -0.1) is 0 Å². The van der Waals surface area contributed by atoms with Gasteiger partial charge in [-0.1, -0.05) is 0 Å². The molecule has 2 aliphatic heterocycles. The van der Waals surface area contributed by atoms with Crippen molar-refractivity contribution in [3.8, 4) is 5.75 Å². The number of piperidine rings is 2. The van der Waals surface area contributed by atoms with E-state index in [1.54, 1.807) is 0 Å². The number of ether oxygens (including phenoxy) is 3. The summed E-state index contributed by atoms with van der Waals surface area (Å²) in [7, 11) is 0. The van der Waals surface area contributed by atoms with E-state index in [1.807, 2.05) is 24.3 Å². The van der Waals surface area contributed by atoms with Crippen molar-refractivity contribution in [1.29, 1.82) is 0 Å². The van der Waals surface area contributed by atoms with Crippen molar-refractivity contribution in [2.75, 3.05) is 44.8 Å². The first-order valence-corrected chi connectivity index (χ1v) is 9.94. The number of hydrogen-bond donors (Lipinski definition) is 3. The molecule has 2 heterocycles. The molecular weight excluding hydrogens is 362 g/mol. The lowest BCUT2D eigenvalue weighted by Crippen LogP contribution is -2.47. The molecule has 3 N–H and O–H groups in total. The third-order valence-corrected chi connectivity index (χ3v) is 4.80. The van der Waals surface area contributed by atoms with E-state index in [0.29, 0.717) is 45.4 Å². The molecule has 0 aliphatic carbocycles. The van der Waals surface area contributed by atoms with Gasteiger partial charge in [-0.3, -0.25) is 14.9 Å². The Morgan fingerprint density at radius 2 is 1.71 bits per heavy atom. The van der Waals surface area contributed by atoms with Crippen molar-refractivity contribution in [1.82, 2.24) is 10.6 Å². The lowest BCUT2D eigenvalue weighted by atomic mass is 10.1. The minimum Gasteiger partial charge on any atom is -0.491 e. The fourth-order valence-electron chi connectivity index (χ4n) is 3.24. The molecule has 8 heteroatoms. The average molecular weight is 391 g/mol. The topological polar surface area (TPSA) is 97.9 Å². The van der Waals surface area contributed by atoms with E-state index in [1.165, 1.54) is 0 Å². The van der Waals surface area contributed by atoms with Gasteiger partial charge in [-0.25, -0.2) is 0 Å². The number of carbonyl (C=O) groups is 2. The molecule has 154 valence electrons. The Morgan fingerprint density at radius 3 is 2.46 bits per heavy atom. The number of anilines is 1. The number of hydrogen-bond acceptors (Lipinski definition) is 7. The van der Waals surface area contributed by atoms with E-state index < -0.39 is 0 Å². The fourth-order valence-corrected chi connectivity index (χ4v) is 3.24. The number of carbonyl (C=O) groups excluding carboxylic acids is 2. The SMILES string of the molecule is O=C1CCC(Nc2ccc(OCCOCCOC3CCNCC3)cc2)C(=O)N1. The van der Waals surface area contributed by atoms with Crippen LogP contribution in [-0.2, 0) is 19.1 Å². The molecule has 0 radical (unpaired) electrons. The molecule has 2 fully saturated rings. The van der Waals surface area contributed by atoms with Crippen LogP contribution in [0.4, 0.5) is 5.69 Å². The van der Waals surface area contributed by atoms with Crippen LogP contribution in [0.1, 0.15) is 25.7 Å². The minimum atomic E-state index is -0.384. The molecule has 1 aromatic rings. The Labute approximate surface area is 165 Å². The molecule has 1 atom stereocenters. The summed E-state index contributed by atoms with van der Waals surface area (Å²) in [5.74, 6) is 0.244. The molecule has 2 saturated heterocycles. The molecule has 28 heavy (non-hydrogen) atoms. The first-order valence-electron chi connectivity index (χ1n) is 9.94. The van der Waals surface area contributed by atoms with Crippen LogP contribution in [-0.4, -0.2) is 63.5 Å². The maximum absolute atomic E-state index is 11.8. The van der Waals surface area contributed by atoms with Gasteiger partial charge >= 0.3 is 0 Å². The Bertz CT molecular complexity index is 631. The van der Waals surface area contributed by atoms with E-state index in [9.17, 15) is 9.59 Å². The van der Waals surface area contributed by atoms with Gasteiger partial charge in [0, 0.05) is 12.1 Å². The van der Waals surface area contributed by atoms with Crippen LogP contribution in [0.25, 0.3) is 0 Å². The molecular formula is C20H29N3O5. The highest BCUT2D eigenvalue weighted by atomic mass is 16.5. The van der Waals surface area contributed by atoms with Crippen LogP contribution in [0.5, 0.6) is 5.75 Å². The van der Waals surface area contributed by atoms with Crippen molar-refractivity contribution < 1.29 is 23.8 Å². The van der Waals surface area contributed by atoms with Gasteiger partial charge in [0.2, 0.25) is 11.8 Å². The number of imide groups is 1. The third kappa shape index (κ3) is 6.78. The first-order chi connectivity index (χ1) is 13.7. The van der Waals surface area contributed by atoms with E-state index in [0.717, 1.165) is 37.4 Å². The standard InChI is InChI=1S/C20H29N3O5/c24-19-6-5-18(20(25)23-19)22-15-1-3-16(4-2-15)27-13-11-26-12-14-28-17-7-9-21-10-8-17/h1-4,17-18,21-22H,5-14H2,(H,23,24,25). The van der Waals surface area contributed by atoms with E-state index in [4.69, 9.17) is 14.2 Å². The number of nitrogens with one attached hydrogen (secondary N) is 3. The number of benzene rings is 1. The minimum absolute atomic E-state index is 0.216. The highest BCUT2D eigenvalue weighted by Crippen LogP contribution is 2.18. The zero-order chi connectivity index (χ0) is 19.6. The fraction of sp³-hybridized carbons (Fsp3) is 0.600. The number of rotatable bonds is 10. The summed E-state index contributed by atoms with van der Waals surface area (Å²) in [6, 6.07) is 7.01. The highest BCUT2D eigenvalue weighted by Gasteiger charge is 2.26. The lowest BCUT2D eigenvalue weighted by Gasteiger charge is -2.23. The summed E-state index contributed by atoms with van der Waals surface area (Å²) in [5, 5.41) is 8.79. The molecule has 1 unspecified atom stereocenters. The zero-order valence-corrected chi connectivity index (χ0v) is 16.1. The lowest BCUT2D eigenvalue weighted by molar-refractivity contribution is -0.133. The second-order valence-electron chi connectivity index (χ2n) is 6.95. The van der Waals surface area contributed by atoms with Gasteiger partial charge in [0.05, 0.1) is 25.9 Å². The summed E-state index contributed by atoms with van der Waals surface area (Å²) < 4.78 is 17.0. The maximum Gasteiger partial charge on any atom is 0.249 e. The van der Waals surface area contributed by atoms with Gasteiger partial charge < -0.3 is 24.8 Å². The van der Waals surface area contributed by atoms with Gasteiger partial charge in [-0.2, -0.15) is 0 Å². The predicted octanol–water partition coefficient (Wildman–Crippen LogP) is 1.07. The van der Waals surface area contributed by atoms with E-state index in [-0.39, 0.29) is 17.9 Å². The molecule has 2 amide bonds. The average Bonchev–Trinajstić information content (AvgIpc) is 2.71. The molecule has 0 spiro atoms. The normalized spacial score (nSPS) is 20.6. The van der Waals surface area contributed by atoms with Crippen LogP contribution in [0.3, 0.4) is 0 Å². The second-order valence-corrected chi connectivity index (χ2v) is 6.95. The summed E-state index contributed by atoms with van der Waals surface area (Å²) in [4.78, 5) is 22.9. The Kier molecular flexibility index (Phi) is 8.07. The quantitative estimate of drug-likeness (QED) is 0.405. The predicted molar refractivity (Wildman–Crippen MR) is 104 cm³/mol. The summed E-state index contributed by atoms with van der Waals surface area (Å²) in [6.45, 7) is 4.22. The van der Waals surface area contributed by atoms with Crippen molar-refractivity contribution in [3.63, 3.8) is 0 Å². The van der Waals surface area contributed by atoms with Crippen LogP contribution in [0, 0.1) is 0 Å². The van der Waals surface area contributed by atoms with Gasteiger partial charge in [0.1, 0.15) is 18.4 Å². The third-order valence-electron chi connectivity index (χ3n) is 4.80. The monoisotopic (exact) mass is 391 g/mol. The van der Waals surface area contributed by atoms with Crippen molar-refractivity contribution in [3.05, 3.63) is 24.3 Å². The largest absolute Gasteiger partial charge is 0.491 e. The Balaban J connectivity index is 1.26. The van der Waals surface area contributed by atoms with Crippen LogP contribution < -0.4 is 20.7 Å². The molecule has 0 saturated carbocycles. The summed E-state index contributed by atoms with van der Waals surface area (Å²) in [6.07, 6.45) is 3.35. The molecule has 2 aliphatic rings. The van der Waals surface area contributed by atoms with Gasteiger partial charge in [0.25, 0.3) is 0 Å². The first kappa shape index (κ1) is 20.6. The maximum atomic E-state index is 11.8. The van der Waals surface area contributed by atoms with Crippen molar-refractivity contribution in [2.45, 2.75) is 37.8 Å². The molecule has 8 nitrogen and oxygen atoms in total. The van der Waals surface area contributed by atoms with E-state index in [2.05, 4.69) is 16.0 Å². The van der Waals surface area contributed by atoms with Crippen LogP contribution in [0.2, 0.25) is 0 Å². The van der Waals surface area contributed by atoms with Crippen molar-refractivity contribution in [2.24, 2.45) is 0 Å². The molecule has 0 bridgehead atoms. The Hall–Kier alpha value is -2.16. The van der Waals surface area contributed by atoms with Crippen LogP contribution >= 0.6 is 0 Å². The smallest absolute Gasteiger partial charge is 0.249 e. The van der Waals surface area contributed by atoms with Crippen LogP contribution in [0.15, 0.2) is 24.3 Å². The second kappa shape index (κ2) is 11.0. The van der Waals surface area contributed by atoms with Gasteiger partial charge in [-0.05, 0) is 56.6 Å². The molecule has 1 aromatic carbocycles. The Morgan fingerprint density at radius 1 is 0.964 bits per heavy atom. The zero-order valence-electron chi connectivity index (χ0n) is 16.1.